The van der Waals surface area contributed by atoms with Gasteiger partial charge in [-0.15, -0.1) is 12.4 Å². The third-order valence-corrected chi connectivity index (χ3v) is 6.41. The van der Waals surface area contributed by atoms with Gasteiger partial charge in [0.25, 0.3) is 0 Å². The zero-order valence-corrected chi connectivity index (χ0v) is 15.6. The van der Waals surface area contributed by atoms with Crippen LogP contribution in [0.25, 0.3) is 0 Å². The van der Waals surface area contributed by atoms with E-state index in [2.05, 4.69) is 10.2 Å². The summed E-state index contributed by atoms with van der Waals surface area (Å²) in [6, 6.07) is 7.13. The Balaban J connectivity index is 0.00000208. The molecular formula is C16H26ClN3O3S. The first-order chi connectivity index (χ1) is 11.1. The summed E-state index contributed by atoms with van der Waals surface area (Å²) in [6.45, 7) is 7.56. The van der Waals surface area contributed by atoms with Crippen molar-refractivity contribution in [2.45, 2.75) is 24.3 Å². The second kappa shape index (κ2) is 8.49. The molecule has 1 atom stereocenters. The Bertz CT molecular complexity index is 635. The lowest BCUT2D eigenvalue weighted by atomic mass is 10.2. The van der Waals surface area contributed by atoms with E-state index in [0.29, 0.717) is 36.4 Å². The summed E-state index contributed by atoms with van der Waals surface area (Å²) in [5.74, 6) is 0.603. The molecule has 2 aliphatic rings. The Morgan fingerprint density at radius 2 is 2.00 bits per heavy atom. The van der Waals surface area contributed by atoms with Crippen molar-refractivity contribution in [3.63, 3.8) is 0 Å². The Hall–Kier alpha value is -0.860. The van der Waals surface area contributed by atoms with Crippen LogP contribution in [0.3, 0.4) is 0 Å². The summed E-state index contributed by atoms with van der Waals surface area (Å²) in [5, 5.41) is 3.34. The molecule has 2 heterocycles. The quantitative estimate of drug-likeness (QED) is 0.837. The van der Waals surface area contributed by atoms with Gasteiger partial charge >= 0.3 is 0 Å². The molecule has 1 unspecified atom stereocenters. The first kappa shape index (κ1) is 19.5. The number of piperazine rings is 1. The molecule has 24 heavy (non-hydrogen) atoms. The van der Waals surface area contributed by atoms with Crippen LogP contribution in [0, 0.1) is 0 Å². The topological polar surface area (TPSA) is 61.9 Å². The zero-order chi connectivity index (χ0) is 16.3. The predicted molar refractivity (Wildman–Crippen MR) is 96.5 cm³/mol. The molecule has 0 bridgehead atoms. The van der Waals surface area contributed by atoms with E-state index in [0.717, 1.165) is 32.6 Å². The standard InChI is InChI=1S/C16H25N3O3S.ClH/c1-2-22-15-4-3-5-16(12-15)23(20,21)19-9-6-14(13-19)18-10-7-17-8-11-18;/h3-5,12,14,17H,2,6-11,13H2,1H3;1H. The summed E-state index contributed by atoms with van der Waals surface area (Å²) in [7, 11) is -3.44. The van der Waals surface area contributed by atoms with Gasteiger partial charge in [0, 0.05) is 51.4 Å². The van der Waals surface area contributed by atoms with Crippen LogP contribution >= 0.6 is 12.4 Å². The van der Waals surface area contributed by atoms with Crippen LogP contribution in [0.15, 0.2) is 29.2 Å². The highest BCUT2D eigenvalue weighted by atomic mass is 35.5. The number of benzene rings is 1. The van der Waals surface area contributed by atoms with Crippen LogP contribution in [-0.4, -0.2) is 69.5 Å². The lowest BCUT2D eigenvalue weighted by Gasteiger charge is -2.32. The summed E-state index contributed by atoms with van der Waals surface area (Å²) < 4.78 is 32.8. The molecule has 0 aromatic heterocycles. The fraction of sp³-hybridized carbons (Fsp3) is 0.625. The molecule has 0 amide bonds. The number of hydrogen-bond acceptors (Lipinski definition) is 5. The summed E-state index contributed by atoms with van der Waals surface area (Å²) in [5.41, 5.74) is 0. The van der Waals surface area contributed by atoms with E-state index in [9.17, 15) is 8.42 Å². The molecule has 1 N–H and O–H groups in total. The molecule has 1 aromatic rings. The van der Waals surface area contributed by atoms with Gasteiger partial charge in [0.05, 0.1) is 11.5 Å². The van der Waals surface area contributed by atoms with Gasteiger partial charge in [0.2, 0.25) is 10.0 Å². The Morgan fingerprint density at radius 1 is 1.25 bits per heavy atom. The summed E-state index contributed by atoms with van der Waals surface area (Å²) in [6.07, 6.45) is 0.907. The minimum absolute atomic E-state index is 0. The van der Waals surface area contributed by atoms with Crippen molar-refractivity contribution in [2.75, 3.05) is 45.9 Å². The molecule has 3 rings (SSSR count). The largest absolute Gasteiger partial charge is 0.494 e. The number of hydrogen-bond donors (Lipinski definition) is 1. The van der Waals surface area contributed by atoms with Crippen LogP contribution < -0.4 is 10.1 Å². The Kier molecular flexibility index (Phi) is 6.88. The number of ether oxygens (including phenoxy) is 1. The van der Waals surface area contributed by atoms with Gasteiger partial charge in [-0.3, -0.25) is 4.90 Å². The van der Waals surface area contributed by atoms with Crippen molar-refractivity contribution < 1.29 is 13.2 Å². The second-order valence-corrected chi connectivity index (χ2v) is 7.94. The van der Waals surface area contributed by atoms with Crippen LogP contribution in [0.1, 0.15) is 13.3 Å². The summed E-state index contributed by atoms with van der Waals surface area (Å²) in [4.78, 5) is 2.73. The van der Waals surface area contributed by atoms with Crippen LogP contribution in [0.4, 0.5) is 0 Å². The first-order valence-electron chi connectivity index (χ1n) is 8.29. The van der Waals surface area contributed by atoms with E-state index in [1.54, 1.807) is 28.6 Å². The van der Waals surface area contributed by atoms with Crippen LogP contribution in [-0.2, 0) is 10.0 Å². The van der Waals surface area contributed by atoms with Gasteiger partial charge < -0.3 is 10.1 Å². The van der Waals surface area contributed by atoms with E-state index >= 15 is 0 Å². The van der Waals surface area contributed by atoms with Crippen molar-refractivity contribution in [1.82, 2.24) is 14.5 Å². The monoisotopic (exact) mass is 375 g/mol. The molecule has 8 heteroatoms. The van der Waals surface area contributed by atoms with Gasteiger partial charge in [-0.2, -0.15) is 4.31 Å². The third-order valence-electron chi connectivity index (χ3n) is 4.55. The maximum Gasteiger partial charge on any atom is 0.243 e. The van der Waals surface area contributed by atoms with Crippen molar-refractivity contribution in [3.8, 4) is 5.75 Å². The zero-order valence-electron chi connectivity index (χ0n) is 14.0. The number of nitrogens with zero attached hydrogens (tertiary/aromatic N) is 2. The second-order valence-electron chi connectivity index (χ2n) is 6.00. The van der Waals surface area contributed by atoms with Gasteiger partial charge in [0.15, 0.2) is 0 Å². The maximum atomic E-state index is 12.9. The third kappa shape index (κ3) is 4.21. The molecule has 136 valence electrons. The normalized spacial score (nSPS) is 23.0. The maximum absolute atomic E-state index is 12.9. The lowest BCUT2D eigenvalue weighted by Crippen LogP contribution is -2.49. The molecule has 0 aliphatic carbocycles. The summed E-state index contributed by atoms with van der Waals surface area (Å²) >= 11 is 0. The molecule has 0 spiro atoms. The van der Waals surface area contributed by atoms with Crippen molar-refractivity contribution in [3.05, 3.63) is 24.3 Å². The average molecular weight is 376 g/mol. The molecule has 6 nitrogen and oxygen atoms in total. The highest BCUT2D eigenvalue weighted by Gasteiger charge is 2.35. The highest BCUT2D eigenvalue weighted by Crippen LogP contribution is 2.26. The fourth-order valence-corrected chi connectivity index (χ4v) is 4.84. The smallest absolute Gasteiger partial charge is 0.243 e. The van der Waals surface area contributed by atoms with Crippen molar-refractivity contribution in [2.24, 2.45) is 0 Å². The number of nitrogens with one attached hydrogen (secondary N) is 1. The van der Waals surface area contributed by atoms with E-state index in [4.69, 9.17) is 4.74 Å². The molecule has 0 saturated carbocycles. The number of rotatable bonds is 5. The Labute approximate surface area is 150 Å². The molecular weight excluding hydrogens is 350 g/mol. The first-order valence-corrected chi connectivity index (χ1v) is 9.73. The molecule has 2 saturated heterocycles. The Morgan fingerprint density at radius 3 is 2.71 bits per heavy atom. The van der Waals surface area contributed by atoms with Crippen molar-refractivity contribution >= 4 is 22.4 Å². The SMILES string of the molecule is CCOc1cccc(S(=O)(=O)N2CCC(N3CCNCC3)C2)c1.Cl. The minimum Gasteiger partial charge on any atom is -0.494 e. The average Bonchev–Trinajstić information content (AvgIpc) is 3.07. The fourth-order valence-electron chi connectivity index (χ4n) is 3.31. The lowest BCUT2D eigenvalue weighted by molar-refractivity contribution is 0.179. The molecule has 1 aromatic carbocycles. The molecule has 2 aliphatic heterocycles. The van der Waals surface area contributed by atoms with Crippen LogP contribution in [0.2, 0.25) is 0 Å². The molecule has 2 fully saturated rings. The van der Waals surface area contributed by atoms with Crippen molar-refractivity contribution in [1.29, 1.82) is 0 Å². The van der Waals surface area contributed by atoms with E-state index < -0.39 is 10.0 Å². The van der Waals surface area contributed by atoms with Crippen LogP contribution in [0.5, 0.6) is 5.75 Å². The predicted octanol–water partition coefficient (Wildman–Crippen LogP) is 1.18. The number of sulfonamides is 1. The van der Waals surface area contributed by atoms with Gasteiger partial charge in [0.1, 0.15) is 5.75 Å². The van der Waals surface area contributed by atoms with Gasteiger partial charge in [-0.05, 0) is 25.5 Å². The van der Waals surface area contributed by atoms with E-state index in [1.807, 2.05) is 6.92 Å². The molecule has 0 radical (unpaired) electrons. The van der Waals surface area contributed by atoms with E-state index in [-0.39, 0.29) is 12.4 Å². The van der Waals surface area contributed by atoms with Gasteiger partial charge in [-0.1, -0.05) is 6.07 Å². The minimum atomic E-state index is -3.44. The highest BCUT2D eigenvalue weighted by molar-refractivity contribution is 7.89. The number of halogens is 1. The van der Waals surface area contributed by atoms with Gasteiger partial charge in [-0.25, -0.2) is 8.42 Å². The van der Waals surface area contributed by atoms with E-state index in [1.165, 1.54) is 0 Å².